The smallest absolute Gasteiger partial charge is 0.407 e. The van der Waals surface area contributed by atoms with Crippen molar-refractivity contribution in [3.63, 3.8) is 0 Å². The van der Waals surface area contributed by atoms with E-state index in [-0.39, 0.29) is 12.2 Å². The topological polar surface area (TPSA) is 162 Å². The summed E-state index contributed by atoms with van der Waals surface area (Å²) in [5.74, 6) is -4.16. The summed E-state index contributed by atoms with van der Waals surface area (Å²) in [6.45, 7) is 6.21. The van der Waals surface area contributed by atoms with Crippen LogP contribution >= 0.6 is 0 Å². The molecular weight excluding hydrogens is 510 g/mol. The Hall–Kier alpha value is -4.35. The molecule has 1 saturated heterocycles. The number of aromatic nitrogens is 1. The van der Waals surface area contributed by atoms with Gasteiger partial charge in [-0.2, -0.15) is 0 Å². The molecule has 210 valence electrons. The van der Waals surface area contributed by atoms with Crippen LogP contribution in [-0.4, -0.2) is 71.5 Å². The second-order valence-electron chi connectivity index (χ2n) is 10.0. The van der Waals surface area contributed by atoms with Gasteiger partial charge in [-0.05, 0) is 39.7 Å². The Bertz CT molecular complexity index is 1200. The monoisotopic (exact) mass is 543 g/mol. The first-order valence-electron chi connectivity index (χ1n) is 12.3. The molecule has 2 heterocycles. The van der Waals surface area contributed by atoms with Crippen LogP contribution in [0.3, 0.4) is 0 Å². The molecule has 2 amide bonds. The lowest BCUT2D eigenvalue weighted by Crippen LogP contribution is -2.49. The summed E-state index contributed by atoms with van der Waals surface area (Å²) in [7, 11) is 1.30. The van der Waals surface area contributed by atoms with E-state index in [0.29, 0.717) is 0 Å². The normalized spacial score (nSPS) is 21.8. The van der Waals surface area contributed by atoms with Gasteiger partial charge in [0.15, 0.2) is 29.3 Å². The lowest BCUT2D eigenvalue weighted by molar-refractivity contribution is -0.159. The van der Waals surface area contributed by atoms with Crippen molar-refractivity contribution in [3.05, 3.63) is 53.9 Å². The van der Waals surface area contributed by atoms with Gasteiger partial charge >= 0.3 is 18.0 Å². The molecule has 2 aromatic rings. The SMILES string of the molecule is COc1ccnc(C(=O)NC2COC(=O)C(Cc3ccccc3)C(OC(=O)NC(C)(C)C)C(C)OC2=O)c1O. The number of benzene rings is 1. The predicted octanol–water partition coefficient (Wildman–Crippen LogP) is 2.13. The van der Waals surface area contributed by atoms with E-state index in [9.17, 15) is 24.3 Å². The van der Waals surface area contributed by atoms with Crippen molar-refractivity contribution in [1.82, 2.24) is 15.6 Å². The summed E-state index contributed by atoms with van der Waals surface area (Å²) < 4.78 is 21.6. The van der Waals surface area contributed by atoms with E-state index in [0.717, 1.165) is 5.56 Å². The molecule has 0 bridgehead atoms. The summed E-state index contributed by atoms with van der Waals surface area (Å²) in [6.07, 6.45) is -1.72. The van der Waals surface area contributed by atoms with Crippen LogP contribution in [0.25, 0.3) is 0 Å². The standard InChI is InChI=1S/C27H33N3O9/c1-15-22(39-26(35)30-27(2,3)4)17(13-16-9-7-6-8-10-16)24(33)37-14-18(25(34)38-15)29-23(32)20-21(31)19(36-5)11-12-28-20/h6-12,15,17-18,22,31H,13-14H2,1-5H3,(H,29,32)(H,30,35). The van der Waals surface area contributed by atoms with Crippen LogP contribution in [-0.2, 0) is 30.2 Å². The average Bonchev–Trinajstić information content (AvgIpc) is 2.90. The fourth-order valence-corrected chi connectivity index (χ4v) is 3.93. The zero-order valence-electron chi connectivity index (χ0n) is 22.4. The average molecular weight is 544 g/mol. The second-order valence-corrected chi connectivity index (χ2v) is 10.0. The van der Waals surface area contributed by atoms with Crippen LogP contribution in [0.5, 0.6) is 11.5 Å². The quantitative estimate of drug-likeness (QED) is 0.363. The van der Waals surface area contributed by atoms with E-state index < -0.39 is 71.7 Å². The number of nitrogens with zero attached hydrogens (tertiary/aromatic N) is 1. The molecule has 4 atom stereocenters. The molecule has 12 nitrogen and oxygen atoms in total. The molecule has 3 N–H and O–H groups in total. The van der Waals surface area contributed by atoms with Crippen molar-refractivity contribution < 1.29 is 43.2 Å². The molecule has 39 heavy (non-hydrogen) atoms. The number of methoxy groups -OCH3 is 1. The van der Waals surface area contributed by atoms with Crippen molar-refractivity contribution in [2.45, 2.75) is 57.9 Å². The van der Waals surface area contributed by atoms with Crippen molar-refractivity contribution in [1.29, 1.82) is 0 Å². The van der Waals surface area contributed by atoms with Crippen LogP contribution in [0.2, 0.25) is 0 Å². The fourth-order valence-electron chi connectivity index (χ4n) is 3.93. The zero-order chi connectivity index (χ0) is 28.7. The maximum Gasteiger partial charge on any atom is 0.407 e. The molecule has 0 aliphatic carbocycles. The number of alkyl carbamates (subject to hydrolysis) is 1. The summed E-state index contributed by atoms with van der Waals surface area (Å²) >= 11 is 0. The maximum absolute atomic E-state index is 13.3. The molecule has 12 heteroatoms. The Labute approximate surface area is 226 Å². The lowest BCUT2D eigenvalue weighted by Gasteiger charge is -2.30. The van der Waals surface area contributed by atoms with Gasteiger partial charge in [0.2, 0.25) is 0 Å². The van der Waals surface area contributed by atoms with E-state index in [4.69, 9.17) is 18.9 Å². The van der Waals surface area contributed by atoms with Crippen molar-refractivity contribution in [3.8, 4) is 11.5 Å². The Morgan fingerprint density at radius 1 is 1.13 bits per heavy atom. The number of pyridine rings is 1. The minimum absolute atomic E-state index is 0.00419. The maximum atomic E-state index is 13.3. The van der Waals surface area contributed by atoms with E-state index in [2.05, 4.69) is 15.6 Å². The van der Waals surface area contributed by atoms with Gasteiger partial charge in [0.05, 0.1) is 7.11 Å². The highest BCUT2D eigenvalue weighted by Crippen LogP contribution is 2.28. The van der Waals surface area contributed by atoms with Gasteiger partial charge < -0.3 is 34.7 Å². The zero-order valence-corrected chi connectivity index (χ0v) is 22.4. The number of nitrogens with one attached hydrogen (secondary N) is 2. The third-order valence-electron chi connectivity index (χ3n) is 5.79. The molecule has 0 spiro atoms. The van der Waals surface area contributed by atoms with Gasteiger partial charge in [-0.25, -0.2) is 14.6 Å². The Balaban J connectivity index is 1.87. The van der Waals surface area contributed by atoms with Gasteiger partial charge in [0.1, 0.15) is 18.6 Å². The van der Waals surface area contributed by atoms with Crippen molar-refractivity contribution in [2.24, 2.45) is 5.92 Å². The third-order valence-corrected chi connectivity index (χ3v) is 5.79. The first-order valence-corrected chi connectivity index (χ1v) is 12.3. The molecule has 3 rings (SSSR count). The highest BCUT2D eigenvalue weighted by Gasteiger charge is 2.42. The number of ether oxygens (including phenoxy) is 4. The predicted molar refractivity (Wildman–Crippen MR) is 137 cm³/mol. The Kier molecular flexibility index (Phi) is 9.33. The third kappa shape index (κ3) is 7.82. The Morgan fingerprint density at radius 3 is 2.46 bits per heavy atom. The minimum atomic E-state index is -1.43. The number of hydrogen-bond acceptors (Lipinski definition) is 10. The van der Waals surface area contributed by atoms with E-state index in [1.807, 2.05) is 6.07 Å². The number of cyclic esters (lactones) is 2. The van der Waals surface area contributed by atoms with Gasteiger partial charge in [-0.1, -0.05) is 30.3 Å². The van der Waals surface area contributed by atoms with Crippen LogP contribution in [0.4, 0.5) is 4.79 Å². The van der Waals surface area contributed by atoms with Crippen molar-refractivity contribution in [2.75, 3.05) is 13.7 Å². The largest absolute Gasteiger partial charge is 0.503 e. The van der Waals surface area contributed by atoms with Gasteiger partial charge in [0.25, 0.3) is 5.91 Å². The molecule has 1 aromatic heterocycles. The van der Waals surface area contributed by atoms with Crippen LogP contribution in [0, 0.1) is 5.92 Å². The second kappa shape index (κ2) is 12.5. The molecule has 1 aromatic carbocycles. The van der Waals surface area contributed by atoms with E-state index in [1.54, 1.807) is 45.0 Å². The van der Waals surface area contributed by atoms with Crippen LogP contribution < -0.4 is 15.4 Å². The number of aromatic hydroxyl groups is 1. The first kappa shape index (κ1) is 29.2. The summed E-state index contributed by atoms with van der Waals surface area (Å²) in [5.41, 5.74) is -0.255. The number of amides is 2. The first-order chi connectivity index (χ1) is 18.4. The number of carbonyl (C=O) groups is 4. The molecule has 4 unspecified atom stereocenters. The molecular formula is C27H33N3O9. The highest BCUT2D eigenvalue weighted by atomic mass is 16.6. The number of carbonyl (C=O) groups excluding carboxylic acids is 4. The van der Waals surface area contributed by atoms with E-state index >= 15 is 0 Å². The summed E-state index contributed by atoms with van der Waals surface area (Å²) in [4.78, 5) is 55.7. The summed E-state index contributed by atoms with van der Waals surface area (Å²) in [6, 6.07) is 8.95. The van der Waals surface area contributed by atoms with E-state index in [1.165, 1.54) is 26.3 Å². The molecule has 1 aliphatic rings. The number of esters is 2. The fraction of sp³-hybridized carbons (Fsp3) is 0.444. The van der Waals surface area contributed by atoms with Gasteiger partial charge in [0, 0.05) is 17.8 Å². The van der Waals surface area contributed by atoms with Crippen LogP contribution in [0.15, 0.2) is 42.6 Å². The van der Waals surface area contributed by atoms with Gasteiger partial charge in [-0.3, -0.25) is 9.59 Å². The number of rotatable bonds is 6. The molecule has 0 saturated carbocycles. The Morgan fingerprint density at radius 2 is 1.82 bits per heavy atom. The number of hydrogen-bond donors (Lipinski definition) is 3. The lowest BCUT2D eigenvalue weighted by atomic mass is 9.91. The highest BCUT2D eigenvalue weighted by molar-refractivity contribution is 5.98. The van der Waals surface area contributed by atoms with Crippen LogP contribution in [0.1, 0.15) is 43.7 Å². The van der Waals surface area contributed by atoms with Crippen molar-refractivity contribution >= 4 is 23.9 Å². The minimum Gasteiger partial charge on any atom is -0.503 e. The molecule has 1 aliphatic heterocycles. The van der Waals surface area contributed by atoms with Gasteiger partial charge in [-0.15, -0.1) is 0 Å². The summed E-state index contributed by atoms with van der Waals surface area (Å²) in [5, 5.41) is 15.3. The molecule has 0 radical (unpaired) electrons. The molecule has 1 fully saturated rings.